The van der Waals surface area contributed by atoms with Gasteiger partial charge in [0.15, 0.2) is 5.78 Å². The fourth-order valence-corrected chi connectivity index (χ4v) is 2.95. The van der Waals surface area contributed by atoms with Crippen LogP contribution in [0.15, 0.2) is 27.1 Å². The van der Waals surface area contributed by atoms with Crippen LogP contribution in [0.2, 0.25) is 5.02 Å². The van der Waals surface area contributed by atoms with E-state index in [0.29, 0.717) is 10.6 Å². The van der Waals surface area contributed by atoms with Crippen molar-refractivity contribution >= 4 is 49.2 Å². The lowest BCUT2D eigenvalue weighted by Crippen LogP contribution is -2.09. The number of aryl methyl sites for hydroxylation is 2. The van der Waals surface area contributed by atoms with Crippen LogP contribution >= 0.6 is 43.5 Å². The number of nitrogens with zero attached hydrogens (tertiary/aromatic N) is 2. The fraction of sp³-hybridized carbons (Fsp3) is 0.231. The van der Waals surface area contributed by atoms with E-state index in [1.54, 1.807) is 22.9 Å². The Labute approximate surface area is 133 Å². The van der Waals surface area contributed by atoms with Crippen LogP contribution in [0, 0.1) is 6.92 Å². The van der Waals surface area contributed by atoms with E-state index >= 15 is 0 Å². The van der Waals surface area contributed by atoms with E-state index in [1.165, 1.54) is 0 Å². The van der Waals surface area contributed by atoms with Crippen LogP contribution in [0.1, 0.15) is 21.7 Å². The van der Waals surface area contributed by atoms with Gasteiger partial charge in [0.05, 0.1) is 22.3 Å². The van der Waals surface area contributed by atoms with Crippen molar-refractivity contribution in [3.8, 4) is 0 Å². The number of ketones is 1. The smallest absolute Gasteiger partial charge is 0.170 e. The first-order valence-corrected chi connectivity index (χ1v) is 7.52. The molecule has 0 bridgehead atoms. The first-order valence-electron chi connectivity index (χ1n) is 5.56. The lowest BCUT2D eigenvalue weighted by Gasteiger charge is -2.05. The summed E-state index contributed by atoms with van der Waals surface area (Å²) >= 11 is 12.8. The zero-order valence-corrected chi connectivity index (χ0v) is 14.3. The van der Waals surface area contributed by atoms with Gasteiger partial charge in [0.1, 0.15) is 0 Å². The maximum Gasteiger partial charge on any atom is 0.170 e. The molecule has 1 heterocycles. The monoisotopic (exact) mass is 404 g/mol. The molecular weight excluding hydrogens is 395 g/mol. The molecule has 19 heavy (non-hydrogen) atoms. The summed E-state index contributed by atoms with van der Waals surface area (Å²) in [6.07, 6.45) is 0.275. The average Bonchev–Trinajstić information content (AvgIpc) is 2.59. The lowest BCUT2D eigenvalue weighted by molar-refractivity contribution is 0.0990. The number of benzene rings is 1. The van der Waals surface area contributed by atoms with Gasteiger partial charge < -0.3 is 0 Å². The minimum atomic E-state index is -0.00178. The average molecular weight is 407 g/mol. The van der Waals surface area contributed by atoms with Gasteiger partial charge in [-0.1, -0.05) is 27.5 Å². The topological polar surface area (TPSA) is 34.9 Å². The Hall–Kier alpha value is -0.650. The molecule has 0 fully saturated rings. The van der Waals surface area contributed by atoms with Crippen molar-refractivity contribution < 1.29 is 4.79 Å². The molecule has 0 atom stereocenters. The highest BCUT2D eigenvalue weighted by Gasteiger charge is 2.17. The van der Waals surface area contributed by atoms with Crippen LogP contribution in [0.4, 0.5) is 0 Å². The largest absolute Gasteiger partial charge is 0.294 e. The molecule has 0 N–H and O–H groups in total. The molecule has 0 aliphatic rings. The molecule has 0 amide bonds. The van der Waals surface area contributed by atoms with E-state index < -0.39 is 0 Å². The Bertz CT molecular complexity index is 652. The van der Waals surface area contributed by atoms with Crippen molar-refractivity contribution in [2.24, 2.45) is 7.05 Å². The van der Waals surface area contributed by atoms with E-state index in [4.69, 9.17) is 11.6 Å². The summed E-state index contributed by atoms with van der Waals surface area (Å²) < 4.78 is 3.34. The molecule has 0 saturated heterocycles. The number of aromatic nitrogens is 2. The zero-order chi connectivity index (χ0) is 14.2. The highest BCUT2D eigenvalue weighted by atomic mass is 79.9. The van der Waals surface area contributed by atoms with Crippen molar-refractivity contribution in [2.75, 3.05) is 0 Å². The van der Waals surface area contributed by atoms with E-state index in [0.717, 1.165) is 20.3 Å². The molecule has 0 aliphatic heterocycles. The molecule has 3 nitrogen and oxygen atoms in total. The van der Waals surface area contributed by atoms with Crippen molar-refractivity contribution in [3.05, 3.63) is 49.1 Å². The number of hydrogen-bond acceptors (Lipinski definition) is 2. The van der Waals surface area contributed by atoms with Crippen molar-refractivity contribution in [3.63, 3.8) is 0 Å². The van der Waals surface area contributed by atoms with Gasteiger partial charge in [-0.2, -0.15) is 5.10 Å². The normalized spacial score (nSPS) is 10.8. The molecule has 1 aromatic carbocycles. The highest BCUT2D eigenvalue weighted by molar-refractivity contribution is 9.10. The van der Waals surface area contributed by atoms with Crippen LogP contribution in [0.5, 0.6) is 0 Å². The van der Waals surface area contributed by atoms with Crippen molar-refractivity contribution in [1.29, 1.82) is 0 Å². The molecule has 0 radical (unpaired) electrons. The number of carbonyl (C=O) groups is 1. The number of carbonyl (C=O) groups excluding carboxylic acids is 1. The quantitative estimate of drug-likeness (QED) is 0.711. The maximum atomic E-state index is 12.4. The van der Waals surface area contributed by atoms with E-state index in [2.05, 4.69) is 37.0 Å². The molecule has 0 spiro atoms. The van der Waals surface area contributed by atoms with Gasteiger partial charge in [0.25, 0.3) is 0 Å². The third kappa shape index (κ3) is 3.09. The number of halogens is 3. The summed E-state index contributed by atoms with van der Waals surface area (Å²) in [4.78, 5) is 12.4. The predicted molar refractivity (Wildman–Crippen MR) is 82.8 cm³/mol. The summed E-state index contributed by atoms with van der Waals surface area (Å²) in [7, 11) is 1.83. The van der Waals surface area contributed by atoms with Gasteiger partial charge >= 0.3 is 0 Å². The molecule has 6 heteroatoms. The minimum absolute atomic E-state index is 0.00178. The number of hydrogen-bond donors (Lipinski definition) is 0. The van der Waals surface area contributed by atoms with Crippen molar-refractivity contribution in [2.45, 2.75) is 13.3 Å². The van der Waals surface area contributed by atoms with Crippen LogP contribution < -0.4 is 0 Å². The minimum Gasteiger partial charge on any atom is -0.294 e. The number of Topliss-reactive ketones (excluding diaryl/α,β-unsaturated/α-hetero) is 1. The second-order valence-corrected chi connectivity index (χ2v) is 6.28. The maximum absolute atomic E-state index is 12.4. The third-order valence-corrected chi connectivity index (χ3v) is 4.78. The molecule has 100 valence electrons. The summed E-state index contributed by atoms with van der Waals surface area (Å²) in [5.41, 5.74) is 2.31. The molecular formula is C13H11Br2ClN2O. The molecule has 0 saturated carbocycles. The predicted octanol–water partition coefficient (Wildman–Crippen LogP) is 4.33. The molecule has 2 aromatic rings. The van der Waals surface area contributed by atoms with Crippen LogP contribution in [-0.4, -0.2) is 15.6 Å². The van der Waals surface area contributed by atoms with Crippen LogP contribution in [-0.2, 0) is 13.5 Å². The summed E-state index contributed by atoms with van der Waals surface area (Å²) in [5.74, 6) is -0.00178. The van der Waals surface area contributed by atoms with Crippen LogP contribution in [0.3, 0.4) is 0 Å². The third-order valence-electron chi connectivity index (χ3n) is 2.82. The first kappa shape index (κ1) is 14.8. The summed E-state index contributed by atoms with van der Waals surface area (Å²) in [6.45, 7) is 1.90. The van der Waals surface area contributed by atoms with E-state index in [-0.39, 0.29) is 12.2 Å². The van der Waals surface area contributed by atoms with Gasteiger partial charge in [-0.15, -0.1) is 0 Å². The fourth-order valence-electron chi connectivity index (χ4n) is 1.83. The molecule has 0 unspecified atom stereocenters. The Morgan fingerprint density at radius 1 is 1.42 bits per heavy atom. The van der Waals surface area contributed by atoms with Gasteiger partial charge in [-0.25, -0.2) is 0 Å². The summed E-state index contributed by atoms with van der Waals surface area (Å²) in [6, 6.07) is 5.19. The highest BCUT2D eigenvalue weighted by Crippen LogP contribution is 2.25. The zero-order valence-electron chi connectivity index (χ0n) is 10.4. The van der Waals surface area contributed by atoms with Crippen molar-refractivity contribution in [1.82, 2.24) is 9.78 Å². The standard InChI is InChI=1S/C13H11Br2ClN2O/c1-7-13(15)11(18(2)17-7)6-12(19)9-5-8(16)3-4-10(9)14/h3-5H,6H2,1-2H3. The Morgan fingerprint density at radius 2 is 2.11 bits per heavy atom. The Morgan fingerprint density at radius 3 is 2.68 bits per heavy atom. The lowest BCUT2D eigenvalue weighted by atomic mass is 10.1. The van der Waals surface area contributed by atoms with Gasteiger partial charge in [-0.05, 0) is 41.1 Å². The Kier molecular flexibility index (Phi) is 4.48. The molecule has 0 aliphatic carbocycles. The van der Waals surface area contributed by atoms with Gasteiger partial charge in [-0.3, -0.25) is 9.48 Å². The van der Waals surface area contributed by atoms with Gasteiger partial charge in [0, 0.05) is 22.1 Å². The second kappa shape index (κ2) is 5.77. The molecule has 1 aromatic heterocycles. The SMILES string of the molecule is Cc1nn(C)c(CC(=O)c2cc(Cl)ccc2Br)c1Br. The number of rotatable bonds is 3. The van der Waals surface area contributed by atoms with Gasteiger partial charge in [0.2, 0.25) is 0 Å². The van der Waals surface area contributed by atoms with Crippen LogP contribution in [0.25, 0.3) is 0 Å². The van der Waals surface area contributed by atoms with E-state index in [1.807, 2.05) is 14.0 Å². The van der Waals surface area contributed by atoms with E-state index in [9.17, 15) is 4.79 Å². The Balaban J connectivity index is 2.33. The molecule has 2 rings (SSSR count). The second-order valence-electron chi connectivity index (χ2n) is 4.19. The first-order chi connectivity index (χ1) is 8.90. The summed E-state index contributed by atoms with van der Waals surface area (Å²) in [5, 5.41) is 4.83.